The Bertz CT molecular complexity index is 886. The molecular weight excluding hydrogens is 364 g/mol. The fraction of sp³-hybridized carbons (Fsp3) is 0.520. The van der Waals surface area contributed by atoms with E-state index in [1.54, 1.807) is 0 Å². The van der Waals surface area contributed by atoms with Crippen molar-refractivity contribution in [3.8, 4) is 5.75 Å². The Hall–Kier alpha value is -1.88. The highest BCUT2D eigenvalue weighted by Crippen LogP contribution is 2.41. The van der Waals surface area contributed by atoms with Crippen molar-refractivity contribution in [3.05, 3.63) is 64.2 Å². The molecule has 2 aromatic carbocycles. The zero-order chi connectivity index (χ0) is 19.8. The second-order valence-electron chi connectivity index (χ2n) is 8.83. The van der Waals surface area contributed by atoms with Gasteiger partial charge in [-0.1, -0.05) is 37.3 Å². The summed E-state index contributed by atoms with van der Waals surface area (Å²) in [6.45, 7) is 4.23. The number of rotatable bonds is 4. The zero-order valence-corrected chi connectivity index (χ0v) is 17.2. The van der Waals surface area contributed by atoms with Crippen LogP contribution in [0.15, 0.2) is 36.4 Å². The molecule has 0 amide bonds. The molecule has 1 N–H and O–H groups in total. The van der Waals surface area contributed by atoms with Crippen molar-refractivity contribution < 1.29 is 19.3 Å². The Morgan fingerprint density at radius 2 is 2.00 bits per heavy atom. The standard InChI is InChI=1S/C25H30O4/c1-2-18-6-7-20(24-13-22(26)14-25(29-24)15-27-16-25)12-21(18)11-17-5-8-23-19(10-17)4-3-9-28-23/h5-8,10,12,22,24,26H,2-4,9,11,13-16H2,1H3. The average molecular weight is 395 g/mol. The van der Waals surface area contributed by atoms with Crippen LogP contribution in [0.25, 0.3) is 0 Å². The minimum atomic E-state index is -0.326. The number of hydrogen-bond donors (Lipinski definition) is 1. The average Bonchev–Trinajstić information content (AvgIpc) is 2.72. The number of benzene rings is 2. The third-order valence-electron chi connectivity index (χ3n) is 6.57. The van der Waals surface area contributed by atoms with Crippen molar-refractivity contribution in [1.82, 2.24) is 0 Å². The van der Waals surface area contributed by atoms with E-state index in [1.165, 1.54) is 27.8 Å². The van der Waals surface area contributed by atoms with E-state index in [-0.39, 0.29) is 17.8 Å². The van der Waals surface area contributed by atoms with Gasteiger partial charge in [0, 0.05) is 12.8 Å². The van der Waals surface area contributed by atoms with E-state index in [2.05, 4.69) is 43.3 Å². The van der Waals surface area contributed by atoms with Crippen molar-refractivity contribution in [1.29, 1.82) is 0 Å². The molecule has 2 saturated heterocycles. The van der Waals surface area contributed by atoms with Gasteiger partial charge in [-0.3, -0.25) is 0 Å². The number of ether oxygens (including phenoxy) is 3. The SMILES string of the molecule is CCc1ccc(C2CC(O)CC3(COC3)O2)cc1Cc1ccc2c(c1)CCCO2. The minimum Gasteiger partial charge on any atom is -0.493 e. The van der Waals surface area contributed by atoms with Crippen molar-refractivity contribution >= 4 is 0 Å². The molecule has 29 heavy (non-hydrogen) atoms. The molecule has 3 aliphatic rings. The molecule has 0 bridgehead atoms. The summed E-state index contributed by atoms with van der Waals surface area (Å²) in [6, 6.07) is 13.3. The van der Waals surface area contributed by atoms with Crippen molar-refractivity contribution in [2.75, 3.05) is 19.8 Å². The molecule has 5 rings (SSSR count). The summed E-state index contributed by atoms with van der Waals surface area (Å²) in [6.07, 6.45) is 5.06. The van der Waals surface area contributed by atoms with E-state index < -0.39 is 0 Å². The molecule has 0 saturated carbocycles. The number of fused-ring (bicyclic) bond motifs is 1. The van der Waals surface area contributed by atoms with Gasteiger partial charge >= 0.3 is 0 Å². The van der Waals surface area contributed by atoms with Crippen LogP contribution in [0.3, 0.4) is 0 Å². The van der Waals surface area contributed by atoms with Crippen molar-refractivity contribution in [2.24, 2.45) is 0 Å². The van der Waals surface area contributed by atoms with E-state index >= 15 is 0 Å². The molecule has 4 nitrogen and oxygen atoms in total. The molecule has 2 aromatic rings. The first-order chi connectivity index (χ1) is 14.1. The van der Waals surface area contributed by atoms with Crippen LogP contribution in [0, 0.1) is 0 Å². The van der Waals surface area contributed by atoms with E-state index in [9.17, 15) is 5.11 Å². The fourth-order valence-electron chi connectivity index (χ4n) is 4.98. The summed E-state index contributed by atoms with van der Waals surface area (Å²) >= 11 is 0. The highest BCUT2D eigenvalue weighted by Gasteiger charge is 2.47. The lowest BCUT2D eigenvalue weighted by Gasteiger charge is -2.48. The molecule has 2 atom stereocenters. The van der Waals surface area contributed by atoms with Gasteiger partial charge in [0.1, 0.15) is 11.4 Å². The van der Waals surface area contributed by atoms with Crippen LogP contribution < -0.4 is 4.74 Å². The smallest absolute Gasteiger partial charge is 0.122 e. The maximum Gasteiger partial charge on any atom is 0.122 e. The molecule has 0 radical (unpaired) electrons. The number of aryl methyl sites for hydroxylation is 2. The summed E-state index contributed by atoms with van der Waals surface area (Å²) in [5, 5.41) is 10.4. The van der Waals surface area contributed by atoms with Crippen LogP contribution in [-0.4, -0.2) is 36.6 Å². The van der Waals surface area contributed by atoms with Crippen LogP contribution in [0.1, 0.15) is 60.1 Å². The Morgan fingerprint density at radius 3 is 2.79 bits per heavy atom. The van der Waals surface area contributed by atoms with Crippen LogP contribution in [-0.2, 0) is 28.7 Å². The number of hydrogen-bond acceptors (Lipinski definition) is 4. The Labute approximate surface area is 172 Å². The van der Waals surface area contributed by atoms with E-state index in [1.807, 2.05) is 0 Å². The zero-order valence-electron chi connectivity index (χ0n) is 17.2. The third kappa shape index (κ3) is 3.81. The Balaban J connectivity index is 1.41. The summed E-state index contributed by atoms with van der Waals surface area (Å²) in [5.74, 6) is 1.04. The van der Waals surface area contributed by atoms with Crippen LogP contribution >= 0.6 is 0 Å². The maximum absolute atomic E-state index is 10.4. The molecule has 0 aromatic heterocycles. The molecule has 2 fully saturated rings. The lowest BCUT2D eigenvalue weighted by molar-refractivity contribution is -0.268. The van der Waals surface area contributed by atoms with Gasteiger partial charge in [0.15, 0.2) is 0 Å². The van der Waals surface area contributed by atoms with Gasteiger partial charge in [-0.15, -0.1) is 0 Å². The topological polar surface area (TPSA) is 47.9 Å². The normalized spacial score (nSPS) is 25.2. The first kappa shape index (κ1) is 19.1. The minimum absolute atomic E-state index is 0.0655. The highest BCUT2D eigenvalue weighted by atomic mass is 16.6. The monoisotopic (exact) mass is 394 g/mol. The summed E-state index contributed by atoms with van der Waals surface area (Å²) in [7, 11) is 0. The third-order valence-corrected chi connectivity index (χ3v) is 6.57. The predicted octanol–water partition coefficient (Wildman–Crippen LogP) is 4.15. The largest absolute Gasteiger partial charge is 0.493 e. The van der Waals surface area contributed by atoms with Gasteiger partial charge in [-0.05, 0) is 59.6 Å². The maximum atomic E-state index is 10.4. The van der Waals surface area contributed by atoms with E-state index in [0.29, 0.717) is 26.1 Å². The summed E-state index contributed by atoms with van der Waals surface area (Å²) < 4.78 is 17.6. The molecule has 154 valence electrons. The van der Waals surface area contributed by atoms with Gasteiger partial charge in [0.25, 0.3) is 0 Å². The molecule has 0 aliphatic carbocycles. The number of aliphatic hydroxyl groups excluding tert-OH is 1. The van der Waals surface area contributed by atoms with E-state index in [4.69, 9.17) is 14.2 Å². The molecule has 3 aliphatic heterocycles. The molecule has 3 heterocycles. The predicted molar refractivity (Wildman–Crippen MR) is 112 cm³/mol. The Kier molecular flexibility index (Phi) is 5.10. The van der Waals surface area contributed by atoms with Gasteiger partial charge in [0.2, 0.25) is 0 Å². The molecule has 1 spiro atoms. The lowest BCUT2D eigenvalue weighted by atomic mass is 9.85. The first-order valence-electron chi connectivity index (χ1n) is 10.9. The molecule has 4 heteroatoms. The van der Waals surface area contributed by atoms with Crippen molar-refractivity contribution in [2.45, 2.75) is 63.3 Å². The Morgan fingerprint density at radius 1 is 1.10 bits per heavy atom. The van der Waals surface area contributed by atoms with Gasteiger partial charge < -0.3 is 19.3 Å². The summed E-state index contributed by atoms with van der Waals surface area (Å²) in [5.41, 5.74) is 6.27. The van der Waals surface area contributed by atoms with Crippen LogP contribution in [0.4, 0.5) is 0 Å². The lowest BCUT2D eigenvalue weighted by Crippen LogP contribution is -2.57. The fourth-order valence-corrected chi connectivity index (χ4v) is 4.98. The van der Waals surface area contributed by atoms with Crippen LogP contribution in [0.5, 0.6) is 5.75 Å². The number of aliphatic hydroxyl groups is 1. The van der Waals surface area contributed by atoms with E-state index in [0.717, 1.165) is 38.0 Å². The molecule has 2 unspecified atom stereocenters. The highest BCUT2D eigenvalue weighted by molar-refractivity contribution is 5.42. The summed E-state index contributed by atoms with van der Waals surface area (Å²) in [4.78, 5) is 0. The van der Waals surface area contributed by atoms with Gasteiger partial charge in [0.05, 0.1) is 32.0 Å². The van der Waals surface area contributed by atoms with Crippen LogP contribution in [0.2, 0.25) is 0 Å². The van der Waals surface area contributed by atoms with Gasteiger partial charge in [-0.25, -0.2) is 0 Å². The molecular formula is C25H30O4. The quantitative estimate of drug-likeness (QED) is 0.846. The van der Waals surface area contributed by atoms with Gasteiger partial charge in [-0.2, -0.15) is 0 Å². The second-order valence-corrected chi connectivity index (χ2v) is 8.83. The first-order valence-corrected chi connectivity index (χ1v) is 10.9. The van der Waals surface area contributed by atoms with Crippen molar-refractivity contribution in [3.63, 3.8) is 0 Å². The second kappa shape index (κ2) is 7.75.